The summed E-state index contributed by atoms with van der Waals surface area (Å²) in [5, 5.41) is 2.93. The molecule has 0 saturated carbocycles. The summed E-state index contributed by atoms with van der Waals surface area (Å²) in [5.74, 6) is -0.646. The molecule has 10 heteroatoms. The summed E-state index contributed by atoms with van der Waals surface area (Å²) in [4.78, 5) is 65.7. The highest BCUT2D eigenvalue weighted by atomic mass is 16.7. The molecule has 0 bridgehead atoms. The molecule has 0 radical (unpaired) electrons. The quantitative estimate of drug-likeness (QED) is 0.338. The molecular formula is C29H33N3O7. The van der Waals surface area contributed by atoms with E-state index in [1.165, 1.54) is 23.1 Å². The highest BCUT2D eigenvalue weighted by Gasteiger charge is 2.42. The first-order chi connectivity index (χ1) is 18.5. The molecule has 4 rings (SSSR count). The van der Waals surface area contributed by atoms with Crippen LogP contribution >= 0.6 is 0 Å². The average molecular weight is 536 g/mol. The number of piperidine rings is 1. The van der Waals surface area contributed by atoms with Crippen LogP contribution in [0.15, 0.2) is 42.5 Å². The normalized spacial score (nSPS) is 15.7. The molecular weight excluding hydrogens is 502 g/mol. The molecule has 10 nitrogen and oxygen atoms in total. The maximum absolute atomic E-state index is 13.2. The number of rotatable bonds is 6. The lowest BCUT2D eigenvalue weighted by atomic mass is 9.95. The molecule has 0 aromatic heterocycles. The van der Waals surface area contributed by atoms with Crippen LogP contribution in [0, 0.1) is 5.92 Å². The van der Waals surface area contributed by atoms with E-state index in [9.17, 15) is 24.0 Å². The van der Waals surface area contributed by atoms with Crippen molar-refractivity contribution in [2.75, 3.05) is 26.2 Å². The van der Waals surface area contributed by atoms with Crippen molar-refractivity contribution in [1.82, 2.24) is 15.1 Å². The van der Waals surface area contributed by atoms with Crippen LogP contribution in [0.4, 0.5) is 4.79 Å². The smallest absolute Gasteiger partial charge is 0.434 e. The number of benzene rings is 2. The van der Waals surface area contributed by atoms with E-state index in [0.29, 0.717) is 36.3 Å². The molecule has 2 aliphatic rings. The van der Waals surface area contributed by atoms with Crippen LogP contribution in [0.1, 0.15) is 82.0 Å². The minimum Gasteiger partial charge on any atom is -0.434 e. The number of hydrogen-bond acceptors (Lipinski definition) is 7. The second kappa shape index (κ2) is 11.3. The number of imide groups is 1. The van der Waals surface area contributed by atoms with Crippen molar-refractivity contribution in [3.8, 4) is 5.75 Å². The fourth-order valence-electron chi connectivity index (χ4n) is 4.76. The third-order valence-electron chi connectivity index (χ3n) is 6.84. The second-order valence-electron chi connectivity index (χ2n) is 10.6. The van der Waals surface area contributed by atoms with Crippen molar-refractivity contribution in [3.63, 3.8) is 0 Å². The molecule has 1 fully saturated rings. The van der Waals surface area contributed by atoms with Gasteiger partial charge in [-0.3, -0.25) is 24.1 Å². The van der Waals surface area contributed by atoms with Crippen LogP contribution in [0.2, 0.25) is 0 Å². The monoisotopic (exact) mass is 535 g/mol. The molecule has 1 saturated heterocycles. The standard InChI is InChI=1S/C29H33N3O7/c1-5-38-28(37)39-21-9-6-19(7-10-21)24(33)30-17-18-12-14-31(15-13-18)25(34)20-8-11-22-23(16-20)27(36)32(26(22)35)29(2,3)4/h6-11,16,18H,5,12-15,17H2,1-4H3,(H,30,33). The fourth-order valence-corrected chi connectivity index (χ4v) is 4.76. The van der Waals surface area contributed by atoms with Gasteiger partial charge in [-0.05, 0) is 88.9 Å². The zero-order valence-electron chi connectivity index (χ0n) is 22.6. The van der Waals surface area contributed by atoms with Crippen LogP contribution in [0.5, 0.6) is 5.75 Å². The van der Waals surface area contributed by atoms with Crippen molar-refractivity contribution in [1.29, 1.82) is 0 Å². The average Bonchev–Trinajstić information content (AvgIpc) is 3.17. The number of ether oxygens (including phenoxy) is 2. The lowest BCUT2D eigenvalue weighted by Gasteiger charge is -2.32. The number of nitrogens with zero attached hydrogens (tertiary/aromatic N) is 2. The Morgan fingerprint density at radius 3 is 2.15 bits per heavy atom. The molecule has 0 atom stereocenters. The first-order valence-electron chi connectivity index (χ1n) is 13.0. The van der Waals surface area contributed by atoms with Crippen molar-refractivity contribution < 1.29 is 33.4 Å². The van der Waals surface area contributed by atoms with Crippen LogP contribution in [0.25, 0.3) is 0 Å². The summed E-state index contributed by atoms with van der Waals surface area (Å²) in [6, 6.07) is 10.9. The minimum absolute atomic E-state index is 0.181. The molecule has 206 valence electrons. The van der Waals surface area contributed by atoms with Gasteiger partial charge in [0.1, 0.15) is 5.75 Å². The first-order valence-corrected chi connectivity index (χ1v) is 13.0. The Labute approximate surface area is 227 Å². The number of hydrogen-bond donors (Lipinski definition) is 1. The molecule has 0 unspecified atom stereocenters. The highest BCUT2D eigenvalue weighted by Crippen LogP contribution is 2.30. The topological polar surface area (TPSA) is 122 Å². The molecule has 0 spiro atoms. The summed E-state index contributed by atoms with van der Waals surface area (Å²) in [6.45, 7) is 8.80. The summed E-state index contributed by atoms with van der Waals surface area (Å²) >= 11 is 0. The van der Waals surface area contributed by atoms with Crippen molar-refractivity contribution >= 4 is 29.8 Å². The molecule has 1 N–H and O–H groups in total. The Bertz CT molecular complexity index is 1290. The van der Waals surface area contributed by atoms with Gasteiger partial charge in [0.2, 0.25) is 0 Å². The maximum atomic E-state index is 13.2. The molecule has 2 aliphatic heterocycles. The molecule has 39 heavy (non-hydrogen) atoms. The van der Waals surface area contributed by atoms with Crippen molar-refractivity contribution in [2.45, 2.75) is 46.1 Å². The van der Waals surface area contributed by atoms with Gasteiger partial charge in [-0.2, -0.15) is 0 Å². The Morgan fingerprint density at radius 2 is 1.54 bits per heavy atom. The van der Waals surface area contributed by atoms with Gasteiger partial charge in [-0.1, -0.05) is 0 Å². The maximum Gasteiger partial charge on any atom is 0.513 e. The lowest BCUT2D eigenvalue weighted by Crippen LogP contribution is -2.45. The summed E-state index contributed by atoms with van der Waals surface area (Å²) in [5.41, 5.74) is 0.749. The highest BCUT2D eigenvalue weighted by molar-refractivity contribution is 6.22. The van der Waals surface area contributed by atoms with Gasteiger partial charge in [0.05, 0.1) is 17.7 Å². The van der Waals surface area contributed by atoms with E-state index in [2.05, 4.69) is 5.32 Å². The first kappa shape index (κ1) is 27.8. The van der Waals surface area contributed by atoms with Gasteiger partial charge >= 0.3 is 6.16 Å². The van der Waals surface area contributed by atoms with Crippen LogP contribution in [-0.2, 0) is 4.74 Å². The van der Waals surface area contributed by atoms with Gasteiger partial charge in [0.15, 0.2) is 0 Å². The van der Waals surface area contributed by atoms with Crippen LogP contribution < -0.4 is 10.1 Å². The molecule has 0 aliphatic carbocycles. The van der Waals surface area contributed by atoms with Crippen LogP contribution in [0.3, 0.4) is 0 Å². The SMILES string of the molecule is CCOC(=O)Oc1ccc(C(=O)NCC2CCN(C(=O)c3ccc4c(c3)C(=O)N(C(C)(C)C)C4=O)CC2)cc1. The van der Waals surface area contributed by atoms with E-state index in [4.69, 9.17) is 9.47 Å². The van der Waals surface area contributed by atoms with Crippen LogP contribution in [-0.4, -0.2) is 71.4 Å². The van der Waals surface area contributed by atoms with E-state index in [-0.39, 0.29) is 47.5 Å². The van der Waals surface area contributed by atoms with E-state index in [1.807, 2.05) is 0 Å². The third-order valence-corrected chi connectivity index (χ3v) is 6.84. The van der Waals surface area contributed by atoms with Gasteiger partial charge < -0.3 is 19.7 Å². The van der Waals surface area contributed by atoms with Gasteiger partial charge in [0, 0.05) is 36.3 Å². The molecule has 2 heterocycles. The zero-order chi connectivity index (χ0) is 28.3. The van der Waals surface area contributed by atoms with Crippen molar-refractivity contribution in [2.24, 2.45) is 5.92 Å². The van der Waals surface area contributed by atoms with Crippen molar-refractivity contribution in [3.05, 3.63) is 64.7 Å². The van der Waals surface area contributed by atoms with Gasteiger partial charge in [0.25, 0.3) is 23.6 Å². The minimum atomic E-state index is -0.800. The Morgan fingerprint density at radius 1 is 0.923 bits per heavy atom. The Balaban J connectivity index is 1.28. The van der Waals surface area contributed by atoms with E-state index in [1.54, 1.807) is 56.9 Å². The summed E-state index contributed by atoms with van der Waals surface area (Å²) in [7, 11) is 0. The zero-order valence-corrected chi connectivity index (χ0v) is 22.6. The number of nitrogens with one attached hydrogen (secondary N) is 1. The molecule has 2 aromatic rings. The Hall–Kier alpha value is -4.21. The predicted molar refractivity (Wildman–Crippen MR) is 142 cm³/mol. The number of carbonyl (C=O) groups is 5. The largest absolute Gasteiger partial charge is 0.513 e. The predicted octanol–water partition coefficient (Wildman–Crippen LogP) is 3.90. The number of carbonyl (C=O) groups excluding carboxylic acids is 5. The van der Waals surface area contributed by atoms with E-state index < -0.39 is 11.7 Å². The number of fused-ring (bicyclic) bond motifs is 1. The number of amides is 4. The summed E-state index contributed by atoms with van der Waals surface area (Å²) < 4.78 is 9.72. The lowest BCUT2D eigenvalue weighted by molar-refractivity contribution is 0.0507. The molecule has 4 amide bonds. The third kappa shape index (κ3) is 6.10. The number of likely N-dealkylation sites (tertiary alicyclic amines) is 1. The fraction of sp³-hybridized carbons (Fsp3) is 0.414. The van der Waals surface area contributed by atoms with Gasteiger partial charge in [-0.25, -0.2) is 4.79 Å². The second-order valence-corrected chi connectivity index (χ2v) is 10.6. The Kier molecular flexibility index (Phi) is 8.03. The summed E-state index contributed by atoms with van der Waals surface area (Å²) in [6.07, 6.45) is 0.642. The van der Waals surface area contributed by atoms with E-state index in [0.717, 1.165) is 12.8 Å². The van der Waals surface area contributed by atoms with E-state index >= 15 is 0 Å². The molecule has 2 aromatic carbocycles. The van der Waals surface area contributed by atoms with Gasteiger partial charge in [-0.15, -0.1) is 0 Å².